The molecule has 0 fully saturated rings. The van der Waals surface area contributed by atoms with E-state index in [0.29, 0.717) is 29.6 Å². The molecular weight excluding hydrogens is 522 g/mol. The lowest BCUT2D eigenvalue weighted by atomic mass is 10.2. The lowest BCUT2D eigenvalue weighted by Crippen LogP contribution is -2.73. The van der Waals surface area contributed by atoms with Crippen molar-refractivity contribution >= 4 is 17.6 Å². The van der Waals surface area contributed by atoms with Gasteiger partial charge in [-0.1, -0.05) is 0 Å². The second-order valence-corrected chi connectivity index (χ2v) is 6.59. The highest BCUT2D eigenvalue weighted by Crippen LogP contribution is 2.44. The normalized spacial score (nSPS) is 13.1. The third-order valence-corrected chi connectivity index (χ3v) is 4.05. The van der Waals surface area contributed by atoms with Crippen molar-refractivity contribution in [2.75, 3.05) is 7.11 Å². The Kier molecular flexibility index (Phi) is 8.16. The van der Waals surface area contributed by atoms with Crippen molar-refractivity contribution in [2.45, 2.75) is 24.3 Å². The zero-order chi connectivity index (χ0) is 27.4. The average Bonchev–Trinajstić information content (AvgIpc) is 2.75. The number of carbonyl (C=O) groups is 1. The van der Waals surface area contributed by atoms with Crippen LogP contribution in [0.25, 0.3) is 0 Å². The van der Waals surface area contributed by atoms with Crippen molar-refractivity contribution in [3.05, 3.63) is 54.3 Å². The first-order valence-corrected chi connectivity index (χ1v) is 9.20. The molecule has 2 rings (SSSR count). The van der Waals surface area contributed by atoms with E-state index < -0.39 is 47.7 Å². The minimum atomic E-state index is -6.39. The monoisotopic (exact) mass is 536 g/mol. The zero-order valence-electron chi connectivity index (χ0n) is 17.6. The number of amides is 2. The summed E-state index contributed by atoms with van der Waals surface area (Å²) >= 11 is 0. The summed E-state index contributed by atoms with van der Waals surface area (Å²) in [4.78, 5) is 15.0. The van der Waals surface area contributed by atoms with Crippen LogP contribution in [0.4, 0.5) is 54.4 Å². The molecule has 2 aromatic carbocycles. The summed E-state index contributed by atoms with van der Waals surface area (Å²) in [5.74, 6) is -3.95. The van der Waals surface area contributed by atoms with E-state index >= 15 is 0 Å². The predicted molar refractivity (Wildman–Crippen MR) is 103 cm³/mol. The first kappa shape index (κ1) is 28.3. The van der Waals surface area contributed by atoms with Crippen LogP contribution < -0.4 is 25.6 Å². The molecule has 0 spiro atoms. The van der Waals surface area contributed by atoms with E-state index in [-0.39, 0.29) is 11.4 Å². The summed E-state index contributed by atoms with van der Waals surface area (Å²) in [5.41, 5.74) is -3.66. The average molecular weight is 536 g/mol. The van der Waals surface area contributed by atoms with E-state index in [9.17, 15) is 48.7 Å². The standard InChI is InChI=1S/C19H14F10N4O3/c1-35-12-8-4-11(5-9-12)30-14(16(21,22)23)32-33-15(34)31-17(18(24,25)26,19(27,28)29)36-13-6-2-10(20)3-7-13/h2-9H,1H3,(H,30,32)(H2,31,33,34). The molecule has 36 heavy (non-hydrogen) atoms. The molecule has 0 heterocycles. The number of hydrazine groups is 1. The Hall–Kier alpha value is -3.92. The Morgan fingerprint density at radius 3 is 1.72 bits per heavy atom. The van der Waals surface area contributed by atoms with Gasteiger partial charge >= 0.3 is 30.3 Å². The molecule has 0 aliphatic rings. The van der Waals surface area contributed by atoms with Gasteiger partial charge in [-0.25, -0.2) is 14.2 Å². The molecule has 0 bridgehead atoms. The number of ether oxygens (including phenoxy) is 2. The van der Waals surface area contributed by atoms with E-state index in [1.807, 2.05) is 0 Å². The summed E-state index contributed by atoms with van der Waals surface area (Å²) < 4.78 is 143. The number of urea groups is 1. The van der Waals surface area contributed by atoms with Crippen LogP contribution in [0, 0.1) is 5.82 Å². The van der Waals surface area contributed by atoms with E-state index in [4.69, 9.17) is 4.74 Å². The lowest BCUT2D eigenvalue weighted by molar-refractivity contribution is -0.364. The molecule has 0 saturated carbocycles. The maximum absolute atomic E-state index is 13.5. The zero-order valence-corrected chi connectivity index (χ0v) is 17.6. The molecule has 17 heteroatoms. The minimum absolute atomic E-state index is 0.241. The second kappa shape index (κ2) is 10.4. The summed E-state index contributed by atoms with van der Waals surface area (Å²) in [6.45, 7) is 0. The van der Waals surface area contributed by atoms with Gasteiger partial charge in [0.2, 0.25) is 5.84 Å². The van der Waals surface area contributed by atoms with Gasteiger partial charge in [-0.15, -0.1) is 0 Å². The molecule has 0 aliphatic carbocycles. The highest BCUT2D eigenvalue weighted by Gasteiger charge is 2.75. The van der Waals surface area contributed by atoms with E-state index in [2.05, 4.69) is 9.73 Å². The predicted octanol–water partition coefficient (Wildman–Crippen LogP) is 5.13. The summed E-state index contributed by atoms with van der Waals surface area (Å²) in [6.07, 6.45) is -18.1. The molecule has 0 aliphatic heterocycles. The summed E-state index contributed by atoms with van der Waals surface area (Å²) in [6, 6.07) is 3.83. The number of hydrogen-bond acceptors (Lipinski definition) is 4. The van der Waals surface area contributed by atoms with Crippen molar-refractivity contribution < 1.29 is 58.2 Å². The van der Waals surface area contributed by atoms with Crippen molar-refractivity contribution in [2.24, 2.45) is 4.99 Å². The van der Waals surface area contributed by atoms with Gasteiger partial charge in [-0.2, -0.15) is 39.5 Å². The van der Waals surface area contributed by atoms with Crippen molar-refractivity contribution in [1.82, 2.24) is 16.2 Å². The van der Waals surface area contributed by atoms with Gasteiger partial charge in [-0.3, -0.25) is 16.2 Å². The minimum Gasteiger partial charge on any atom is -0.497 e. The van der Waals surface area contributed by atoms with Crippen LogP contribution in [0.5, 0.6) is 11.5 Å². The van der Waals surface area contributed by atoms with Crippen molar-refractivity contribution in [3.63, 3.8) is 0 Å². The first-order chi connectivity index (χ1) is 16.5. The number of nitrogens with one attached hydrogen (secondary N) is 3. The molecule has 0 unspecified atom stereocenters. The maximum Gasteiger partial charge on any atom is 0.458 e. The van der Waals surface area contributed by atoms with Crippen LogP contribution >= 0.6 is 0 Å². The molecule has 3 N–H and O–H groups in total. The van der Waals surface area contributed by atoms with Gasteiger partial charge in [0, 0.05) is 0 Å². The third-order valence-electron chi connectivity index (χ3n) is 4.05. The number of carbonyl (C=O) groups excluding carboxylic acids is 1. The van der Waals surface area contributed by atoms with Gasteiger partial charge in [0.25, 0.3) is 0 Å². The molecule has 7 nitrogen and oxygen atoms in total. The third kappa shape index (κ3) is 6.82. The Bertz CT molecular complexity index is 1050. The Balaban J connectivity index is 2.32. The Morgan fingerprint density at radius 1 is 0.778 bits per heavy atom. The molecule has 0 saturated heterocycles. The number of hydrogen-bond donors (Lipinski definition) is 3. The second-order valence-electron chi connectivity index (χ2n) is 6.59. The van der Waals surface area contributed by atoms with Gasteiger partial charge < -0.3 is 9.47 Å². The molecule has 0 atom stereocenters. The van der Waals surface area contributed by atoms with E-state index in [1.165, 1.54) is 19.2 Å². The van der Waals surface area contributed by atoms with Crippen molar-refractivity contribution in [3.8, 4) is 11.5 Å². The molecular formula is C19H14F10N4O3. The number of halogens is 10. The summed E-state index contributed by atoms with van der Waals surface area (Å²) in [7, 11) is 1.27. The van der Waals surface area contributed by atoms with Gasteiger partial charge in [-0.05, 0) is 48.5 Å². The molecule has 2 aromatic rings. The van der Waals surface area contributed by atoms with Gasteiger partial charge in [0.15, 0.2) is 0 Å². The Morgan fingerprint density at radius 2 is 1.28 bits per heavy atom. The fourth-order valence-corrected chi connectivity index (χ4v) is 2.38. The number of methoxy groups -OCH3 is 1. The molecule has 198 valence electrons. The maximum atomic E-state index is 13.5. The van der Waals surface area contributed by atoms with Gasteiger partial charge in [0.05, 0.1) is 12.8 Å². The molecule has 0 radical (unpaired) electrons. The fourth-order valence-electron chi connectivity index (χ4n) is 2.38. The number of amidine groups is 1. The van der Waals surface area contributed by atoms with Crippen LogP contribution in [0.15, 0.2) is 53.5 Å². The number of alkyl halides is 9. The Labute approximate surface area is 195 Å². The van der Waals surface area contributed by atoms with Gasteiger partial charge in [0.1, 0.15) is 17.3 Å². The SMILES string of the molecule is COc1ccc(N=C(NNC(=O)NC(Oc2ccc(F)cc2)(C(F)(F)F)C(F)(F)F)C(F)(F)F)cc1. The smallest absolute Gasteiger partial charge is 0.458 e. The highest BCUT2D eigenvalue weighted by molar-refractivity contribution is 5.91. The van der Waals surface area contributed by atoms with Crippen LogP contribution in [0.3, 0.4) is 0 Å². The number of nitrogens with zero attached hydrogens (tertiary/aromatic N) is 1. The summed E-state index contributed by atoms with van der Waals surface area (Å²) in [5, 5.41) is 0.442. The topological polar surface area (TPSA) is 84.0 Å². The molecule has 2 amide bonds. The number of aliphatic imine (C=N–C) groups is 1. The lowest BCUT2D eigenvalue weighted by Gasteiger charge is -2.37. The largest absolute Gasteiger partial charge is 0.497 e. The van der Waals surface area contributed by atoms with E-state index in [1.54, 1.807) is 0 Å². The van der Waals surface area contributed by atoms with Crippen LogP contribution in [-0.2, 0) is 0 Å². The quantitative estimate of drug-likeness (QED) is 0.163. The van der Waals surface area contributed by atoms with Crippen molar-refractivity contribution in [1.29, 1.82) is 0 Å². The molecule has 0 aromatic heterocycles. The number of benzene rings is 2. The van der Waals surface area contributed by atoms with Crippen LogP contribution in [0.2, 0.25) is 0 Å². The number of rotatable bonds is 5. The van der Waals surface area contributed by atoms with E-state index in [0.717, 1.165) is 23.0 Å². The fraction of sp³-hybridized carbons (Fsp3) is 0.263. The van der Waals surface area contributed by atoms with Crippen LogP contribution in [-0.4, -0.2) is 43.2 Å². The highest BCUT2D eigenvalue weighted by atomic mass is 19.4. The first-order valence-electron chi connectivity index (χ1n) is 9.20. The van der Waals surface area contributed by atoms with Crippen LogP contribution in [0.1, 0.15) is 0 Å².